The number of aromatic nitrogens is 2. The summed E-state index contributed by atoms with van der Waals surface area (Å²) in [5.74, 6) is 0. The normalized spacial score (nSPS) is 12.6. The Labute approximate surface area is 116 Å². The first kappa shape index (κ1) is 15.3. The molecule has 0 fully saturated rings. The highest BCUT2D eigenvalue weighted by Gasteiger charge is 2.31. The maximum absolute atomic E-state index is 12.2. The van der Waals surface area contributed by atoms with E-state index in [0.717, 1.165) is 4.68 Å². The van der Waals surface area contributed by atoms with Gasteiger partial charge in [-0.1, -0.05) is 0 Å². The molecule has 0 aliphatic heterocycles. The van der Waals surface area contributed by atoms with Gasteiger partial charge in [0.1, 0.15) is 5.60 Å². The van der Waals surface area contributed by atoms with Gasteiger partial charge in [-0.25, -0.2) is 4.79 Å². The number of hydrogen-bond acceptors (Lipinski definition) is 3. The van der Waals surface area contributed by atoms with Crippen LogP contribution in [-0.2, 0) is 11.2 Å². The Kier molecular flexibility index (Phi) is 4.29. The van der Waals surface area contributed by atoms with Crippen LogP contribution in [0.3, 0.4) is 0 Å². The summed E-state index contributed by atoms with van der Waals surface area (Å²) < 4.78 is 42.8. The van der Waals surface area contributed by atoms with Crippen molar-refractivity contribution in [2.45, 2.75) is 39.0 Å². The van der Waals surface area contributed by atoms with Crippen LogP contribution in [-0.4, -0.2) is 27.7 Å². The van der Waals surface area contributed by atoms with Gasteiger partial charge in [0.25, 0.3) is 0 Å². The Morgan fingerprint density at radius 3 is 2.44 bits per heavy atom. The number of ether oxygens (including phenoxy) is 1. The lowest BCUT2D eigenvalue weighted by molar-refractivity contribution is -0.128. The molecule has 0 saturated heterocycles. The molecule has 0 radical (unpaired) electrons. The van der Waals surface area contributed by atoms with Crippen LogP contribution in [0.1, 0.15) is 26.5 Å². The molecule has 0 unspecified atom stereocenters. The summed E-state index contributed by atoms with van der Waals surface area (Å²) in [6.07, 6.45) is -5.10. The van der Waals surface area contributed by atoms with E-state index in [0.29, 0.717) is 0 Å². The second kappa shape index (κ2) is 5.06. The standard InChI is InChI=1S/C10H12F3IN2O2/c1-9(2,3)18-8(17)16-5-6(14)7(15-16)4-10(11,12)13/h5H,4H2,1-3H3. The zero-order valence-electron chi connectivity index (χ0n) is 10.0. The van der Waals surface area contributed by atoms with Crippen LogP contribution in [0.2, 0.25) is 0 Å². The molecule has 1 aromatic heterocycles. The topological polar surface area (TPSA) is 44.1 Å². The Hall–Kier alpha value is -0.800. The Morgan fingerprint density at radius 2 is 2.00 bits per heavy atom. The Bertz CT molecular complexity index is 449. The van der Waals surface area contributed by atoms with E-state index in [9.17, 15) is 18.0 Å². The maximum atomic E-state index is 12.2. The van der Waals surface area contributed by atoms with Crippen LogP contribution in [0.5, 0.6) is 0 Å². The summed E-state index contributed by atoms with van der Waals surface area (Å²) in [6.45, 7) is 4.99. The van der Waals surface area contributed by atoms with Crippen molar-refractivity contribution < 1.29 is 22.7 Å². The second-order valence-electron chi connectivity index (χ2n) is 4.64. The van der Waals surface area contributed by atoms with E-state index >= 15 is 0 Å². The number of hydrogen-bond donors (Lipinski definition) is 0. The third-order valence-electron chi connectivity index (χ3n) is 1.69. The third-order valence-corrected chi connectivity index (χ3v) is 2.59. The third kappa shape index (κ3) is 4.83. The van der Waals surface area contributed by atoms with Gasteiger partial charge in [-0.15, -0.1) is 0 Å². The minimum atomic E-state index is -4.35. The molecule has 8 heteroatoms. The summed E-state index contributed by atoms with van der Waals surface area (Å²) in [5.41, 5.74) is -0.910. The molecule has 1 heterocycles. The van der Waals surface area contributed by atoms with E-state index in [-0.39, 0.29) is 9.26 Å². The second-order valence-corrected chi connectivity index (χ2v) is 5.80. The van der Waals surface area contributed by atoms with E-state index in [1.54, 1.807) is 43.4 Å². The molecular weight excluding hydrogens is 364 g/mol. The minimum Gasteiger partial charge on any atom is -0.442 e. The van der Waals surface area contributed by atoms with Crippen molar-refractivity contribution in [3.63, 3.8) is 0 Å². The molecule has 1 aromatic rings. The van der Waals surface area contributed by atoms with Gasteiger partial charge >= 0.3 is 12.3 Å². The van der Waals surface area contributed by atoms with E-state index < -0.39 is 24.3 Å². The molecule has 0 aliphatic rings. The molecular formula is C10H12F3IN2O2. The number of rotatable bonds is 1. The molecule has 0 saturated carbocycles. The first-order valence-corrected chi connectivity index (χ1v) is 6.10. The van der Waals surface area contributed by atoms with Crippen LogP contribution in [0.25, 0.3) is 0 Å². The van der Waals surface area contributed by atoms with Crippen molar-refractivity contribution >= 4 is 28.7 Å². The van der Waals surface area contributed by atoms with Crippen LogP contribution in [0.4, 0.5) is 18.0 Å². The summed E-state index contributed by atoms with van der Waals surface area (Å²) in [7, 11) is 0. The molecule has 0 bridgehead atoms. The van der Waals surface area contributed by atoms with Crippen molar-refractivity contribution in [2.24, 2.45) is 0 Å². The van der Waals surface area contributed by atoms with E-state index in [2.05, 4.69) is 5.10 Å². The number of halogens is 4. The highest BCUT2D eigenvalue weighted by atomic mass is 127. The van der Waals surface area contributed by atoms with Gasteiger partial charge < -0.3 is 4.74 Å². The quantitative estimate of drug-likeness (QED) is 0.706. The van der Waals surface area contributed by atoms with Crippen molar-refractivity contribution in [1.29, 1.82) is 0 Å². The average molecular weight is 376 g/mol. The van der Waals surface area contributed by atoms with Crippen molar-refractivity contribution in [1.82, 2.24) is 9.78 Å². The zero-order chi connectivity index (χ0) is 14.1. The predicted molar refractivity (Wildman–Crippen MR) is 66.3 cm³/mol. The van der Waals surface area contributed by atoms with Gasteiger partial charge in [0, 0.05) is 0 Å². The van der Waals surface area contributed by atoms with Crippen molar-refractivity contribution in [2.75, 3.05) is 0 Å². The van der Waals surface area contributed by atoms with Gasteiger partial charge in [0.05, 0.1) is 21.9 Å². The van der Waals surface area contributed by atoms with Gasteiger partial charge in [0.2, 0.25) is 0 Å². The minimum absolute atomic E-state index is 0.186. The van der Waals surface area contributed by atoms with Crippen LogP contribution in [0, 0.1) is 3.57 Å². The van der Waals surface area contributed by atoms with E-state index in [1.165, 1.54) is 6.20 Å². The Morgan fingerprint density at radius 1 is 1.44 bits per heavy atom. The lowest BCUT2D eigenvalue weighted by Crippen LogP contribution is -2.27. The summed E-state index contributed by atoms with van der Waals surface area (Å²) >= 11 is 1.70. The number of alkyl halides is 3. The summed E-state index contributed by atoms with van der Waals surface area (Å²) in [4.78, 5) is 11.6. The van der Waals surface area contributed by atoms with Gasteiger partial charge in [0.15, 0.2) is 0 Å². The van der Waals surface area contributed by atoms with Gasteiger partial charge in [-0.2, -0.15) is 23.0 Å². The first-order valence-electron chi connectivity index (χ1n) is 5.02. The van der Waals surface area contributed by atoms with E-state index in [4.69, 9.17) is 4.74 Å². The fraction of sp³-hybridized carbons (Fsp3) is 0.600. The molecule has 102 valence electrons. The van der Waals surface area contributed by atoms with E-state index in [1.807, 2.05) is 0 Å². The fourth-order valence-corrected chi connectivity index (χ4v) is 1.66. The Balaban J connectivity index is 2.87. The lowest BCUT2D eigenvalue weighted by atomic mass is 10.2. The van der Waals surface area contributed by atoms with Crippen LogP contribution < -0.4 is 0 Å². The van der Waals surface area contributed by atoms with Crippen LogP contribution >= 0.6 is 22.6 Å². The molecule has 0 atom stereocenters. The highest BCUT2D eigenvalue weighted by molar-refractivity contribution is 14.1. The largest absolute Gasteiger partial charge is 0.442 e. The monoisotopic (exact) mass is 376 g/mol. The average Bonchev–Trinajstić information content (AvgIpc) is 2.42. The molecule has 4 nitrogen and oxygen atoms in total. The molecule has 0 aliphatic carbocycles. The molecule has 0 amide bonds. The molecule has 1 rings (SSSR count). The SMILES string of the molecule is CC(C)(C)OC(=O)n1cc(I)c(CC(F)(F)F)n1. The molecule has 0 spiro atoms. The first-order chi connectivity index (χ1) is 7.98. The maximum Gasteiger partial charge on any atom is 0.435 e. The number of carbonyl (C=O) groups excluding carboxylic acids is 1. The summed E-state index contributed by atoms with van der Waals surface area (Å²) in [6, 6.07) is 0. The predicted octanol–water partition coefficient (Wildman–Crippen LogP) is 3.38. The number of carbonyl (C=O) groups is 1. The highest BCUT2D eigenvalue weighted by Crippen LogP contribution is 2.23. The fourth-order valence-electron chi connectivity index (χ4n) is 1.10. The van der Waals surface area contributed by atoms with Gasteiger partial charge in [-0.3, -0.25) is 0 Å². The van der Waals surface area contributed by atoms with Crippen molar-refractivity contribution in [3.05, 3.63) is 15.5 Å². The molecule has 18 heavy (non-hydrogen) atoms. The van der Waals surface area contributed by atoms with Crippen LogP contribution in [0.15, 0.2) is 6.20 Å². The smallest absolute Gasteiger partial charge is 0.435 e. The zero-order valence-corrected chi connectivity index (χ0v) is 12.2. The van der Waals surface area contributed by atoms with Gasteiger partial charge in [-0.05, 0) is 43.4 Å². The number of nitrogens with zero attached hydrogens (tertiary/aromatic N) is 2. The molecule has 0 aromatic carbocycles. The van der Waals surface area contributed by atoms with Crippen molar-refractivity contribution in [3.8, 4) is 0 Å². The molecule has 0 N–H and O–H groups in total. The summed E-state index contributed by atoms with van der Waals surface area (Å²) in [5, 5.41) is 3.59. The lowest BCUT2D eigenvalue weighted by Gasteiger charge is -2.18.